The number of hydrogen-bond acceptors (Lipinski definition) is 5. The van der Waals surface area contributed by atoms with Gasteiger partial charge in [0.1, 0.15) is 0 Å². The Morgan fingerprint density at radius 1 is 1.40 bits per heavy atom. The lowest BCUT2D eigenvalue weighted by atomic mass is 10.0. The van der Waals surface area contributed by atoms with Crippen LogP contribution < -0.4 is 10.6 Å². The number of nitrogens with one attached hydrogen (secondary N) is 2. The third kappa shape index (κ3) is 4.28. The summed E-state index contributed by atoms with van der Waals surface area (Å²) < 4.78 is 4.98. The maximum atomic E-state index is 12.1. The van der Waals surface area contributed by atoms with Gasteiger partial charge < -0.3 is 20.3 Å². The molecule has 2 fully saturated rings. The van der Waals surface area contributed by atoms with Crippen molar-refractivity contribution in [2.75, 3.05) is 37.7 Å². The molecule has 0 spiro atoms. The van der Waals surface area contributed by atoms with Crippen LogP contribution >= 0.6 is 11.8 Å². The molecule has 1 atom stereocenters. The Kier molecular flexibility index (Phi) is 5.97. The minimum atomic E-state index is -0.248. The van der Waals surface area contributed by atoms with Crippen molar-refractivity contribution in [1.82, 2.24) is 15.5 Å². The van der Waals surface area contributed by atoms with Gasteiger partial charge in [-0.1, -0.05) is 0 Å². The standard InChI is InChI=1S/C13H23N3O3S/c1-2-19-13(18)16-6-3-10(4-7-16)15-12(17)11-9-20-8-5-14-11/h10-11,14H,2-9H2,1H3,(H,15,17). The van der Waals surface area contributed by atoms with Crippen molar-refractivity contribution in [3.63, 3.8) is 0 Å². The number of carbonyl (C=O) groups is 2. The first kappa shape index (κ1) is 15.4. The Bertz CT molecular complexity index is 340. The van der Waals surface area contributed by atoms with E-state index in [9.17, 15) is 9.59 Å². The largest absolute Gasteiger partial charge is 0.450 e. The van der Waals surface area contributed by atoms with Gasteiger partial charge in [-0.2, -0.15) is 11.8 Å². The van der Waals surface area contributed by atoms with Crippen molar-refractivity contribution in [2.45, 2.75) is 31.8 Å². The molecule has 6 nitrogen and oxygen atoms in total. The highest BCUT2D eigenvalue weighted by Gasteiger charge is 2.27. The first-order valence-electron chi connectivity index (χ1n) is 7.24. The summed E-state index contributed by atoms with van der Waals surface area (Å²) in [7, 11) is 0. The molecule has 20 heavy (non-hydrogen) atoms. The van der Waals surface area contributed by atoms with E-state index in [0.717, 1.165) is 30.9 Å². The number of thioether (sulfide) groups is 1. The Morgan fingerprint density at radius 2 is 2.15 bits per heavy atom. The van der Waals surface area contributed by atoms with Crippen LogP contribution in [0.15, 0.2) is 0 Å². The molecule has 2 aliphatic heterocycles. The molecular formula is C13H23N3O3S. The molecule has 0 aliphatic carbocycles. The second-order valence-corrected chi connectivity index (χ2v) is 6.20. The zero-order valence-electron chi connectivity index (χ0n) is 11.9. The van der Waals surface area contributed by atoms with Gasteiger partial charge in [0, 0.05) is 37.2 Å². The van der Waals surface area contributed by atoms with E-state index in [1.807, 2.05) is 11.8 Å². The number of rotatable bonds is 3. The predicted octanol–water partition coefficient (Wildman–Crippen LogP) is 0.429. The highest BCUT2D eigenvalue weighted by atomic mass is 32.2. The lowest BCUT2D eigenvalue weighted by Gasteiger charge is -2.33. The lowest BCUT2D eigenvalue weighted by Crippen LogP contribution is -2.54. The summed E-state index contributed by atoms with van der Waals surface area (Å²) in [4.78, 5) is 25.4. The van der Waals surface area contributed by atoms with Crippen molar-refractivity contribution in [3.05, 3.63) is 0 Å². The maximum absolute atomic E-state index is 12.1. The van der Waals surface area contributed by atoms with Crippen LogP contribution in [-0.4, -0.2) is 66.7 Å². The fourth-order valence-electron chi connectivity index (χ4n) is 2.46. The molecule has 2 N–H and O–H groups in total. The van der Waals surface area contributed by atoms with E-state index in [-0.39, 0.29) is 24.1 Å². The first-order valence-corrected chi connectivity index (χ1v) is 8.39. The quantitative estimate of drug-likeness (QED) is 0.791. The van der Waals surface area contributed by atoms with E-state index in [0.29, 0.717) is 19.7 Å². The van der Waals surface area contributed by atoms with E-state index >= 15 is 0 Å². The van der Waals surface area contributed by atoms with Gasteiger partial charge in [0.05, 0.1) is 12.6 Å². The number of hydrogen-bond donors (Lipinski definition) is 2. The predicted molar refractivity (Wildman–Crippen MR) is 78.9 cm³/mol. The van der Waals surface area contributed by atoms with Gasteiger partial charge in [0.2, 0.25) is 5.91 Å². The Labute approximate surface area is 124 Å². The molecule has 2 rings (SSSR count). The highest BCUT2D eigenvalue weighted by Crippen LogP contribution is 2.13. The van der Waals surface area contributed by atoms with Crippen LogP contribution in [0.2, 0.25) is 0 Å². The third-order valence-corrected chi connectivity index (χ3v) is 4.67. The first-order chi connectivity index (χ1) is 9.70. The van der Waals surface area contributed by atoms with Crippen molar-refractivity contribution in [2.24, 2.45) is 0 Å². The number of amides is 2. The summed E-state index contributed by atoms with van der Waals surface area (Å²) in [5, 5.41) is 6.32. The van der Waals surface area contributed by atoms with Crippen molar-refractivity contribution in [3.8, 4) is 0 Å². The molecule has 0 aromatic carbocycles. The number of likely N-dealkylation sites (tertiary alicyclic amines) is 1. The Balaban J connectivity index is 1.71. The van der Waals surface area contributed by atoms with Crippen LogP contribution in [-0.2, 0) is 9.53 Å². The number of piperidine rings is 1. The van der Waals surface area contributed by atoms with Crippen LogP contribution in [0.4, 0.5) is 4.79 Å². The van der Waals surface area contributed by atoms with Crippen LogP contribution in [0.5, 0.6) is 0 Å². The molecule has 0 aromatic heterocycles. The summed E-state index contributed by atoms with van der Waals surface area (Å²) in [6.45, 7) is 4.40. The van der Waals surface area contributed by atoms with Gasteiger partial charge in [0.25, 0.3) is 0 Å². The molecule has 7 heteroatoms. The molecular weight excluding hydrogens is 278 g/mol. The average Bonchev–Trinajstić information content (AvgIpc) is 2.49. The highest BCUT2D eigenvalue weighted by molar-refractivity contribution is 7.99. The molecule has 0 bridgehead atoms. The van der Waals surface area contributed by atoms with Crippen LogP contribution in [0.25, 0.3) is 0 Å². The van der Waals surface area contributed by atoms with Gasteiger partial charge in [0.15, 0.2) is 0 Å². The monoisotopic (exact) mass is 301 g/mol. The molecule has 2 saturated heterocycles. The van der Waals surface area contributed by atoms with E-state index in [2.05, 4.69) is 10.6 Å². The van der Waals surface area contributed by atoms with Crippen LogP contribution in [0.1, 0.15) is 19.8 Å². The zero-order valence-corrected chi connectivity index (χ0v) is 12.7. The normalized spacial score (nSPS) is 24.2. The van der Waals surface area contributed by atoms with Gasteiger partial charge >= 0.3 is 6.09 Å². The fourth-order valence-corrected chi connectivity index (χ4v) is 3.39. The molecule has 0 aromatic rings. The molecule has 0 radical (unpaired) electrons. The van der Waals surface area contributed by atoms with Crippen molar-refractivity contribution < 1.29 is 14.3 Å². The smallest absolute Gasteiger partial charge is 0.409 e. The van der Waals surface area contributed by atoms with E-state index in [1.165, 1.54) is 0 Å². The second-order valence-electron chi connectivity index (χ2n) is 5.05. The van der Waals surface area contributed by atoms with Gasteiger partial charge in [-0.15, -0.1) is 0 Å². The summed E-state index contributed by atoms with van der Waals surface area (Å²) in [6.07, 6.45) is 1.34. The lowest BCUT2D eigenvalue weighted by molar-refractivity contribution is -0.123. The van der Waals surface area contributed by atoms with Crippen LogP contribution in [0, 0.1) is 0 Å². The third-order valence-electron chi connectivity index (χ3n) is 3.61. The Morgan fingerprint density at radius 3 is 2.75 bits per heavy atom. The number of nitrogens with zero attached hydrogens (tertiary/aromatic N) is 1. The molecule has 1 unspecified atom stereocenters. The molecule has 0 saturated carbocycles. The Hall–Kier alpha value is -0.950. The molecule has 114 valence electrons. The zero-order chi connectivity index (χ0) is 14.4. The summed E-state index contributed by atoms with van der Waals surface area (Å²) >= 11 is 1.81. The maximum Gasteiger partial charge on any atom is 0.409 e. The van der Waals surface area contributed by atoms with Crippen molar-refractivity contribution in [1.29, 1.82) is 0 Å². The van der Waals surface area contributed by atoms with Gasteiger partial charge in [-0.3, -0.25) is 4.79 Å². The van der Waals surface area contributed by atoms with Crippen molar-refractivity contribution >= 4 is 23.8 Å². The average molecular weight is 301 g/mol. The van der Waals surface area contributed by atoms with Crippen LogP contribution in [0.3, 0.4) is 0 Å². The van der Waals surface area contributed by atoms with E-state index < -0.39 is 0 Å². The number of ether oxygens (including phenoxy) is 1. The van der Waals surface area contributed by atoms with E-state index in [4.69, 9.17) is 4.74 Å². The second kappa shape index (κ2) is 7.73. The minimum absolute atomic E-state index is 0.0724. The fraction of sp³-hybridized carbons (Fsp3) is 0.846. The summed E-state index contributed by atoms with van der Waals surface area (Å²) in [5.41, 5.74) is 0. The summed E-state index contributed by atoms with van der Waals surface area (Å²) in [6, 6.07) is 0.0961. The van der Waals surface area contributed by atoms with E-state index in [1.54, 1.807) is 11.8 Å². The topological polar surface area (TPSA) is 70.7 Å². The molecule has 2 amide bonds. The number of carbonyl (C=O) groups excluding carboxylic acids is 2. The SMILES string of the molecule is CCOC(=O)N1CCC(NC(=O)C2CSCCN2)CC1. The van der Waals surface area contributed by atoms with Gasteiger partial charge in [-0.25, -0.2) is 4.79 Å². The van der Waals surface area contributed by atoms with Gasteiger partial charge in [-0.05, 0) is 19.8 Å². The summed E-state index contributed by atoms with van der Waals surface area (Å²) in [5.74, 6) is 2.00. The molecule has 2 aliphatic rings. The molecule has 2 heterocycles. The minimum Gasteiger partial charge on any atom is -0.450 e.